The van der Waals surface area contributed by atoms with E-state index in [9.17, 15) is 4.79 Å². The number of likely N-dealkylation sites (tertiary alicyclic amines) is 1. The van der Waals surface area contributed by atoms with Gasteiger partial charge < -0.3 is 15.1 Å². The summed E-state index contributed by atoms with van der Waals surface area (Å²) >= 11 is 0. The molecule has 1 amide bonds. The van der Waals surface area contributed by atoms with Crippen LogP contribution in [-0.2, 0) is 4.79 Å². The number of carbonyl (C=O) groups is 1. The van der Waals surface area contributed by atoms with E-state index in [2.05, 4.69) is 35.9 Å². The molecular weight excluding hydrogens is 326 g/mol. The van der Waals surface area contributed by atoms with Gasteiger partial charge in [0.2, 0.25) is 5.91 Å². The number of hydrogen-bond acceptors (Lipinski definition) is 3. The van der Waals surface area contributed by atoms with Gasteiger partial charge in [-0.2, -0.15) is 0 Å². The van der Waals surface area contributed by atoms with Crippen LogP contribution in [-0.4, -0.2) is 85.0 Å². The summed E-state index contributed by atoms with van der Waals surface area (Å²) in [5.74, 6) is 1.79. The summed E-state index contributed by atoms with van der Waals surface area (Å²) in [7, 11) is 0. The molecule has 6 heteroatoms. The minimum absolute atomic E-state index is 0.174. The molecule has 0 spiro atoms. The summed E-state index contributed by atoms with van der Waals surface area (Å²) < 4.78 is 0. The van der Waals surface area contributed by atoms with Crippen molar-refractivity contribution in [3.63, 3.8) is 0 Å². The molecule has 0 aromatic rings. The van der Waals surface area contributed by atoms with Crippen molar-refractivity contribution in [2.45, 2.75) is 59.4 Å². The Labute approximate surface area is 160 Å². The Hall–Kier alpha value is -1.30. The highest BCUT2D eigenvalue weighted by Gasteiger charge is 2.24. The van der Waals surface area contributed by atoms with Crippen molar-refractivity contribution in [3.8, 4) is 0 Å². The molecule has 0 saturated carbocycles. The summed E-state index contributed by atoms with van der Waals surface area (Å²) in [4.78, 5) is 23.5. The van der Waals surface area contributed by atoms with Crippen LogP contribution < -0.4 is 5.32 Å². The van der Waals surface area contributed by atoms with Gasteiger partial charge in [-0.1, -0.05) is 26.7 Å². The minimum Gasteiger partial charge on any atom is -0.357 e. The second-order valence-corrected chi connectivity index (χ2v) is 7.95. The van der Waals surface area contributed by atoms with Gasteiger partial charge in [0.25, 0.3) is 0 Å². The zero-order valence-electron chi connectivity index (χ0n) is 17.3. The van der Waals surface area contributed by atoms with Gasteiger partial charge in [0.1, 0.15) is 0 Å². The Bertz CT molecular complexity index is 449. The molecule has 0 aromatic heterocycles. The van der Waals surface area contributed by atoms with Crippen LogP contribution in [0, 0.1) is 5.92 Å². The standard InChI is InChI=1S/C20H39N5O/c1-5-21-20(25-14-12-23(13-15-25)18(4)26)22-16-19(17(2)3)24-10-8-6-7-9-11-24/h17,19H,5-16H2,1-4H3,(H,21,22). The van der Waals surface area contributed by atoms with E-state index in [0.717, 1.165) is 45.2 Å². The number of rotatable bonds is 5. The second-order valence-electron chi connectivity index (χ2n) is 7.95. The predicted octanol–water partition coefficient (Wildman–Crippen LogP) is 2.02. The van der Waals surface area contributed by atoms with Crippen molar-refractivity contribution in [2.75, 3.05) is 52.4 Å². The van der Waals surface area contributed by atoms with Crippen LogP contribution >= 0.6 is 0 Å². The predicted molar refractivity (Wildman–Crippen MR) is 108 cm³/mol. The van der Waals surface area contributed by atoms with E-state index in [1.165, 1.54) is 38.8 Å². The normalized spacial score (nSPS) is 21.7. The van der Waals surface area contributed by atoms with E-state index in [1.807, 2.05) is 4.90 Å². The number of nitrogens with one attached hydrogen (secondary N) is 1. The smallest absolute Gasteiger partial charge is 0.219 e. The highest BCUT2D eigenvalue weighted by Crippen LogP contribution is 2.18. The molecule has 2 heterocycles. The largest absolute Gasteiger partial charge is 0.357 e. The summed E-state index contributed by atoms with van der Waals surface area (Å²) in [6.07, 6.45) is 5.38. The first-order chi connectivity index (χ1) is 12.5. The number of guanidine groups is 1. The van der Waals surface area contributed by atoms with Crippen LogP contribution in [0.25, 0.3) is 0 Å². The quantitative estimate of drug-likeness (QED) is 0.598. The summed E-state index contributed by atoms with van der Waals surface area (Å²) in [5, 5.41) is 3.46. The molecule has 0 bridgehead atoms. The fourth-order valence-electron chi connectivity index (χ4n) is 4.01. The zero-order chi connectivity index (χ0) is 18.9. The summed E-state index contributed by atoms with van der Waals surface area (Å²) in [6.45, 7) is 15.9. The molecule has 1 N–H and O–H groups in total. The third-order valence-electron chi connectivity index (χ3n) is 5.67. The molecule has 0 radical (unpaired) electrons. The fraction of sp³-hybridized carbons (Fsp3) is 0.900. The molecule has 2 fully saturated rings. The van der Waals surface area contributed by atoms with Crippen molar-refractivity contribution >= 4 is 11.9 Å². The van der Waals surface area contributed by atoms with Crippen molar-refractivity contribution in [1.29, 1.82) is 0 Å². The Morgan fingerprint density at radius 2 is 1.54 bits per heavy atom. The third kappa shape index (κ3) is 6.15. The maximum Gasteiger partial charge on any atom is 0.219 e. The topological polar surface area (TPSA) is 51.2 Å². The third-order valence-corrected chi connectivity index (χ3v) is 5.67. The van der Waals surface area contributed by atoms with Crippen LogP contribution in [0.3, 0.4) is 0 Å². The van der Waals surface area contributed by atoms with Gasteiger partial charge in [0.05, 0.1) is 6.54 Å². The molecule has 2 rings (SSSR count). The van der Waals surface area contributed by atoms with Crippen LogP contribution in [0.4, 0.5) is 0 Å². The highest BCUT2D eigenvalue weighted by molar-refractivity contribution is 5.80. The van der Waals surface area contributed by atoms with Gasteiger partial charge in [0, 0.05) is 45.7 Å². The molecule has 150 valence electrons. The Balaban J connectivity index is 2.00. The van der Waals surface area contributed by atoms with Crippen LogP contribution in [0.1, 0.15) is 53.4 Å². The van der Waals surface area contributed by atoms with E-state index in [0.29, 0.717) is 12.0 Å². The lowest BCUT2D eigenvalue weighted by Gasteiger charge is -2.37. The fourth-order valence-corrected chi connectivity index (χ4v) is 4.01. The first-order valence-corrected chi connectivity index (χ1v) is 10.6. The number of amides is 1. The number of aliphatic imine (C=N–C) groups is 1. The minimum atomic E-state index is 0.174. The molecule has 26 heavy (non-hydrogen) atoms. The molecule has 1 atom stereocenters. The molecule has 0 aromatic carbocycles. The monoisotopic (exact) mass is 365 g/mol. The molecule has 2 aliphatic heterocycles. The maximum absolute atomic E-state index is 11.6. The van der Waals surface area contributed by atoms with Crippen molar-refractivity contribution in [1.82, 2.24) is 20.0 Å². The SMILES string of the molecule is CCNC(=NCC(C(C)C)N1CCCCCC1)N1CCN(C(C)=O)CC1. The molecule has 2 aliphatic rings. The summed E-state index contributed by atoms with van der Waals surface area (Å²) in [5.41, 5.74) is 0. The van der Waals surface area contributed by atoms with Crippen molar-refractivity contribution in [2.24, 2.45) is 10.9 Å². The van der Waals surface area contributed by atoms with Gasteiger partial charge in [0.15, 0.2) is 5.96 Å². The van der Waals surface area contributed by atoms with Gasteiger partial charge >= 0.3 is 0 Å². The number of piperazine rings is 1. The van der Waals surface area contributed by atoms with Gasteiger partial charge in [-0.15, -0.1) is 0 Å². The zero-order valence-corrected chi connectivity index (χ0v) is 17.3. The molecule has 0 aliphatic carbocycles. The van der Waals surface area contributed by atoms with Crippen molar-refractivity contribution in [3.05, 3.63) is 0 Å². The lowest BCUT2D eigenvalue weighted by atomic mass is 10.0. The summed E-state index contributed by atoms with van der Waals surface area (Å²) in [6, 6.07) is 0.514. The lowest BCUT2D eigenvalue weighted by molar-refractivity contribution is -0.130. The average molecular weight is 366 g/mol. The Morgan fingerprint density at radius 1 is 0.962 bits per heavy atom. The molecule has 2 saturated heterocycles. The van der Waals surface area contributed by atoms with Crippen LogP contribution in [0.5, 0.6) is 0 Å². The maximum atomic E-state index is 11.6. The van der Waals surface area contributed by atoms with E-state index in [1.54, 1.807) is 6.92 Å². The van der Waals surface area contributed by atoms with E-state index in [4.69, 9.17) is 4.99 Å². The average Bonchev–Trinajstić information content (AvgIpc) is 2.90. The first kappa shape index (κ1) is 21.0. The van der Waals surface area contributed by atoms with Crippen molar-refractivity contribution < 1.29 is 4.79 Å². The van der Waals surface area contributed by atoms with E-state index < -0.39 is 0 Å². The lowest BCUT2D eigenvalue weighted by Crippen LogP contribution is -2.53. The van der Waals surface area contributed by atoms with Gasteiger partial charge in [-0.05, 0) is 38.8 Å². The van der Waals surface area contributed by atoms with Crippen LogP contribution in [0.2, 0.25) is 0 Å². The van der Waals surface area contributed by atoms with E-state index in [-0.39, 0.29) is 5.91 Å². The first-order valence-electron chi connectivity index (χ1n) is 10.6. The van der Waals surface area contributed by atoms with Crippen LogP contribution in [0.15, 0.2) is 4.99 Å². The second kappa shape index (κ2) is 10.8. The van der Waals surface area contributed by atoms with Gasteiger partial charge in [-0.25, -0.2) is 0 Å². The number of carbonyl (C=O) groups excluding carboxylic acids is 1. The number of nitrogens with zero attached hydrogens (tertiary/aromatic N) is 4. The Morgan fingerprint density at radius 3 is 2.04 bits per heavy atom. The molecule has 6 nitrogen and oxygen atoms in total. The highest BCUT2D eigenvalue weighted by atomic mass is 16.2. The Kier molecular flexibility index (Phi) is 8.69. The van der Waals surface area contributed by atoms with Gasteiger partial charge in [-0.3, -0.25) is 14.7 Å². The van der Waals surface area contributed by atoms with E-state index >= 15 is 0 Å². The molecular formula is C20H39N5O. The number of hydrogen-bond donors (Lipinski definition) is 1. The molecule has 1 unspecified atom stereocenters.